The highest BCUT2D eigenvalue weighted by atomic mass is 79.9. The lowest BCUT2D eigenvalue weighted by Gasteiger charge is -2.13. The quantitative estimate of drug-likeness (QED) is 0.876. The van der Waals surface area contributed by atoms with E-state index in [1.807, 2.05) is 19.1 Å². The van der Waals surface area contributed by atoms with Gasteiger partial charge in [0.15, 0.2) is 11.5 Å². The van der Waals surface area contributed by atoms with Crippen molar-refractivity contribution in [2.24, 2.45) is 0 Å². The van der Waals surface area contributed by atoms with Gasteiger partial charge in [0.25, 0.3) is 0 Å². The fourth-order valence-electron chi connectivity index (χ4n) is 1.85. The Hall–Kier alpha value is -0.780. The van der Waals surface area contributed by atoms with Crippen molar-refractivity contribution in [3.8, 4) is 11.5 Å². The second-order valence-electron chi connectivity index (χ2n) is 4.19. The molecule has 1 aliphatic rings. The molecule has 0 spiro atoms. The van der Waals surface area contributed by atoms with Crippen LogP contribution in [-0.2, 0) is 11.3 Å². The van der Waals surface area contributed by atoms with Gasteiger partial charge in [0.2, 0.25) is 6.79 Å². The van der Waals surface area contributed by atoms with E-state index in [0.717, 1.165) is 41.2 Å². The van der Waals surface area contributed by atoms with Gasteiger partial charge in [-0.15, -0.1) is 0 Å². The van der Waals surface area contributed by atoms with Crippen LogP contribution in [0, 0.1) is 0 Å². The number of nitrogens with one attached hydrogen (secondary N) is 1. The molecule has 0 aliphatic carbocycles. The van der Waals surface area contributed by atoms with Crippen LogP contribution in [0.2, 0.25) is 0 Å². The van der Waals surface area contributed by atoms with E-state index in [4.69, 9.17) is 14.2 Å². The molecule has 4 nitrogen and oxygen atoms in total. The van der Waals surface area contributed by atoms with Gasteiger partial charge in [-0.1, -0.05) is 15.9 Å². The van der Waals surface area contributed by atoms with E-state index in [2.05, 4.69) is 28.2 Å². The van der Waals surface area contributed by atoms with Crippen molar-refractivity contribution in [3.63, 3.8) is 0 Å². The third kappa shape index (κ3) is 3.37. The second kappa shape index (κ2) is 6.41. The van der Waals surface area contributed by atoms with Crippen LogP contribution in [0.25, 0.3) is 0 Å². The lowest BCUT2D eigenvalue weighted by Crippen LogP contribution is -2.26. The number of rotatable bonds is 6. The van der Waals surface area contributed by atoms with Crippen molar-refractivity contribution < 1.29 is 14.2 Å². The normalized spacial score (nSPS) is 14.8. The van der Waals surface area contributed by atoms with Crippen molar-refractivity contribution in [3.05, 3.63) is 22.2 Å². The van der Waals surface area contributed by atoms with Gasteiger partial charge in [-0.05, 0) is 31.5 Å². The van der Waals surface area contributed by atoms with Crippen LogP contribution in [0.4, 0.5) is 0 Å². The predicted octanol–water partition coefficient (Wildman–Crippen LogP) is 2.69. The van der Waals surface area contributed by atoms with Gasteiger partial charge in [0.05, 0.1) is 6.10 Å². The summed E-state index contributed by atoms with van der Waals surface area (Å²) in [7, 11) is 0. The molecule has 2 rings (SSSR count). The van der Waals surface area contributed by atoms with Crippen LogP contribution in [-0.4, -0.2) is 26.0 Å². The zero-order valence-corrected chi connectivity index (χ0v) is 12.2. The summed E-state index contributed by atoms with van der Waals surface area (Å²) in [6, 6.07) is 3.95. The topological polar surface area (TPSA) is 39.7 Å². The highest BCUT2D eigenvalue weighted by molar-refractivity contribution is 9.10. The molecule has 0 radical (unpaired) electrons. The third-order valence-electron chi connectivity index (χ3n) is 2.74. The van der Waals surface area contributed by atoms with Crippen LogP contribution >= 0.6 is 15.9 Å². The fourth-order valence-corrected chi connectivity index (χ4v) is 2.31. The third-order valence-corrected chi connectivity index (χ3v) is 3.48. The number of halogens is 1. The molecule has 1 atom stereocenters. The molecule has 1 aromatic carbocycles. The number of benzene rings is 1. The van der Waals surface area contributed by atoms with E-state index < -0.39 is 0 Å². The highest BCUT2D eigenvalue weighted by Crippen LogP contribution is 2.36. The largest absolute Gasteiger partial charge is 0.454 e. The molecule has 0 saturated heterocycles. The number of fused-ring (bicyclic) bond motifs is 1. The molecule has 0 aromatic heterocycles. The smallest absolute Gasteiger partial charge is 0.231 e. The Morgan fingerprint density at radius 2 is 2.11 bits per heavy atom. The molecular weight excluding hydrogens is 298 g/mol. The summed E-state index contributed by atoms with van der Waals surface area (Å²) in [6.45, 7) is 6.72. The molecule has 5 heteroatoms. The summed E-state index contributed by atoms with van der Waals surface area (Å²) in [5, 5.41) is 3.37. The van der Waals surface area contributed by atoms with Gasteiger partial charge in [-0.3, -0.25) is 0 Å². The van der Waals surface area contributed by atoms with Crippen molar-refractivity contribution >= 4 is 15.9 Å². The minimum atomic E-state index is 0.225. The van der Waals surface area contributed by atoms with Crippen LogP contribution in [0.3, 0.4) is 0 Å². The lowest BCUT2D eigenvalue weighted by molar-refractivity contribution is 0.0759. The number of hydrogen-bond acceptors (Lipinski definition) is 4. The summed E-state index contributed by atoms with van der Waals surface area (Å²) >= 11 is 3.54. The van der Waals surface area contributed by atoms with Crippen molar-refractivity contribution in [2.75, 3.05) is 19.9 Å². The summed E-state index contributed by atoms with van der Waals surface area (Å²) in [5.41, 5.74) is 1.16. The number of hydrogen-bond donors (Lipinski definition) is 1. The first-order chi connectivity index (χ1) is 8.70. The van der Waals surface area contributed by atoms with Gasteiger partial charge >= 0.3 is 0 Å². The van der Waals surface area contributed by atoms with Crippen LogP contribution in [0.5, 0.6) is 11.5 Å². The Bertz CT molecular complexity index is 411. The van der Waals surface area contributed by atoms with Gasteiger partial charge in [0, 0.05) is 24.2 Å². The van der Waals surface area contributed by atoms with Gasteiger partial charge in [0.1, 0.15) is 0 Å². The molecule has 0 bridgehead atoms. The van der Waals surface area contributed by atoms with Crippen molar-refractivity contribution in [2.45, 2.75) is 26.5 Å². The monoisotopic (exact) mass is 315 g/mol. The Morgan fingerprint density at radius 1 is 1.39 bits per heavy atom. The Balaban J connectivity index is 1.90. The molecule has 1 unspecified atom stereocenters. The maximum atomic E-state index is 5.47. The van der Waals surface area contributed by atoms with Gasteiger partial charge in [-0.25, -0.2) is 0 Å². The van der Waals surface area contributed by atoms with Crippen LogP contribution in [0.1, 0.15) is 19.4 Å². The zero-order valence-electron chi connectivity index (χ0n) is 10.7. The van der Waals surface area contributed by atoms with E-state index in [0.29, 0.717) is 6.79 Å². The van der Waals surface area contributed by atoms with Crippen LogP contribution in [0.15, 0.2) is 16.6 Å². The first-order valence-corrected chi connectivity index (χ1v) is 6.90. The van der Waals surface area contributed by atoms with E-state index in [9.17, 15) is 0 Å². The van der Waals surface area contributed by atoms with E-state index in [-0.39, 0.29) is 6.10 Å². The molecule has 1 N–H and O–H groups in total. The maximum Gasteiger partial charge on any atom is 0.231 e. The molecule has 0 fully saturated rings. The zero-order chi connectivity index (χ0) is 13.0. The predicted molar refractivity (Wildman–Crippen MR) is 73.1 cm³/mol. The molecular formula is C13H18BrNO3. The van der Waals surface area contributed by atoms with Crippen molar-refractivity contribution in [1.29, 1.82) is 0 Å². The summed E-state index contributed by atoms with van der Waals surface area (Å²) < 4.78 is 17.2. The van der Waals surface area contributed by atoms with Crippen molar-refractivity contribution in [1.82, 2.24) is 5.32 Å². The maximum absolute atomic E-state index is 5.47. The second-order valence-corrected chi connectivity index (χ2v) is 5.05. The first-order valence-electron chi connectivity index (χ1n) is 6.11. The Labute approximate surface area is 116 Å². The minimum Gasteiger partial charge on any atom is -0.454 e. The molecule has 0 amide bonds. The molecule has 1 aromatic rings. The average Bonchev–Trinajstić information content (AvgIpc) is 2.76. The molecule has 100 valence electrons. The molecule has 0 saturated carbocycles. The summed E-state index contributed by atoms with van der Waals surface area (Å²) in [5.74, 6) is 1.61. The number of ether oxygens (including phenoxy) is 3. The van der Waals surface area contributed by atoms with E-state index >= 15 is 0 Å². The Kier molecular flexibility index (Phi) is 4.86. The van der Waals surface area contributed by atoms with E-state index in [1.54, 1.807) is 0 Å². The molecule has 18 heavy (non-hydrogen) atoms. The van der Waals surface area contributed by atoms with Crippen LogP contribution < -0.4 is 14.8 Å². The molecule has 1 heterocycles. The van der Waals surface area contributed by atoms with E-state index in [1.165, 1.54) is 0 Å². The average molecular weight is 316 g/mol. The summed E-state index contributed by atoms with van der Waals surface area (Å²) in [6.07, 6.45) is 0.225. The molecule has 1 aliphatic heterocycles. The standard InChI is InChI=1S/C13H18BrNO3/c1-3-16-9(2)6-15-7-10-4-12-13(5-11(10)14)18-8-17-12/h4-5,9,15H,3,6-8H2,1-2H3. The Morgan fingerprint density at radius 3 is 2.83 bits per heavy atom. The van der Waals surface area contributed by atoms with Gasteiger partial charge < -0.3 is 19.5 Å². The SMILES string of the molecule is CCOC(C)CNCc1cc2c(cc1Br)OCO2. The minimum absolute atomic E-state index is 0.225. The fraction of sp³-hybridized carbons (Fsp3) is 0.538. The first kappa shape index (κ1) is 13.6. The van der Waals surface area contributed by atoms with Gasteiger partial charge in [-0.2, -0.15) is 0 Å². The summed E-state index contributed by atoms with van der Waals surface area (Å²) in [4.78, 5) is 0. The lowest BCUT2D eigenvalue weighted by atomic mass is 10.2. The highest BCUT2D eigenvalue weighted by Gasteiger charge is 2.16.